The molecule has 1 fully saturated rings. The summed E-state index contributed by atoms with van der Waals surface area (Å²) in [6.07, 6.45) is 6.49. The molecule has 0 unspecified atom stereocenters. The van der Waals surface area contributed by atoms with Crippen LogP contribution < -0.4 is 10.6 Å². The van der Waals surface area contributed by atoms with Crippen molar-refractivity contribution in [1.29, 1.82) is 0 Å². The van der Waals surface area contributed by atoms with Gasteiger partial charge in [0.15, 0.2) is 5.65 Å². The van der Waals surface area contributed by atoms with Crippen molar-refractivity contribution in [2.24, 2.45) is 0 Å². The second kappa shape index (κ2) is 5.17. The fourth-order valence-electron chi connectivity index (χ4n) is 2.89. The number of rotatable bonds is 3. The van der Waals surface area contributed by atoms with Gasteiger partial charge in [-0.2, -0.15) is 9.61 Å². The van der Waals surface area contributed by atoms with Crippen LogP contribution in [-0.2, 0) is 0 Å². The van der Waals surface area contributed by atoms with Crippen LogP contribution in [0.15, 0.2) is 18.5 Å². The third-order valence-corrected chi connectivity index (χ3v) is 4.01. The highest BCUT2D eigenvalue weighted by molar-refractivity contribution is 5.51. The molecule has 0 atom stereocenters. The van der Waals surface area contributed by atoms with Crippen LogP contribution in [0.25, 0.3) is 5.65 Å². The zero-order valence-electron chi connectivity index (χ0n) is 11.6. The molecule has 0 saturated heterocycles. The van der Waals surface area contributed by atoms with Gasteiger partial charge >= 0.3 is 0 Å². The van der Waals surface area contributed by atoms with Crippen LogP contribution in [0, 0.1) is 6.92 Å². The summed E-state index contributed by atoms with van der Waals surface area (Å²) in [4.78, 5) is 4.26. The second-order valence-corrected chi connectivity index (χ2v) is 5.43. The van der Waals surface area contributed by atoms with E-state index in [-0.39, 0.29) is 0 Å². The minimum Gasteiger partial charge on any atom is -0.367 e. The number of aryl methyl sites for hydroxylation is 1. The number of nitrogens with one attached hydrogen (secondary N) is 2. The highest BCUT2D eigenvalue weighted by atomic mass is 15.3. The minimum absolute atomic E-state index is 0.541. The molecular formula is C14H21N5. The van der Waals surface area contributed by atoms with E-state index in [0.29, 0.717) is 12.1 Å². The highest BCUT2D eigenvalue weighted by Crippen LogP contribution is 2.23. The molecule has 0 radical (unpaired) electrons. The van der Waals surface area contributed by atoms with Gasteiger partial charge in [-0.25, -0.2) is 4.98 Å². The van der Waals surface area contributed by atoms with Gasteiger partial charge in [0.25, 0.3) is 0 Å². The molecule has 3 rings (SSSR count). The Bertz CT molecular complexity index is 554. The Morgan fingerprint density at radius 2 is 1.89 bits per heavy atom. The summed E-state index contributed by atoms with van der Waals surface area (Å²) in [7, 11) is 2.05. The molecule has 0 bridgehead atoms. The van der Waals surface area contributed by atoms with Crippen molar-refractivity contribution in [3.63, 3.8) is 0 Å². The number of hydrogen-bond acceptors (Lipinski definition) is 4. The number of anilines is 1. The highest BCUT2D eigenvalue weighted by Gasteiger charge is 2.20. The molecule has 19 heavy (non-hydrogen) atoms. The molecule has 1 aliphatic rings. The molecule has 1 saturated carbocycles. The number of aromatic nitrogens is 3. The number of nitrogens with zero attached hydrogens (tertiary/aromatic N) is 3. The van der Waals surface area contributed by atoms with Gasteiger partial charge in [0, 0.05) is 12.1 Å². The van der Waals surface area contributed by atoms with Crippen LogP contribution >= 0.6 is 0 Å². The van der Waals surface area contributed by atoms with Gasteiger partial charge in [0.05, 0.1) is 0 Å². The molecule has 0 aliphatic heterocycles. The Balaban J connectivity index is 1.76. The summed E-state index contributed by atoms with van der Waals surface area (Å²) in [5.74, 6) is 1.06. The first-order valence-electron chi connectivity index (χ1n) is 7.00. The topological polar surface area (TPSA) is 54.2 Å². The molecule has 2 heterocycles. The van der Waals surface area contributed by atoms with E-state index in [0.717, 1.165) is 11.5 Å². The monoisotopic (exact) mass is 259 g/mol. The van der Waals surface area contributed by atoms with E-state index in [1.54, 1.807) is 6.33 Å². The standard InChI is InChI=1S/C14H21N5/c1-10-7-13-16-9-17-19(13)14(8-10)18-12-5-3-11(15-2)4-6-12/h7-9,11-12,15,18H,3-6H2,1-2H3. The number of fused-ring (bicyclic) bond motifs is 1. The molecule has 0 spiro atoms. The van der Waals surface area contributed by atoms with Crippen LogP contribution in [0.3, 0.4) is 0 Å². The minimum atomic E-state index is 0.541. The zero-order valence-corrected chi connectivity index (χ0v) is 11.6. The lowest BCUT2D eigenvalue weighted by atomic mass is 9.91. The molecule has 5 heteroatoms. The van der Waals surface area contributed by atoms with Crippen LogP contribution in [0.1, 0.15) is 31.2 Å². The fourth-order valence-corrected chi connectivity index (χ4v) is 2.89. The Labute approximate surface area is 113 Å². The molecule has 2 N–H and O–H groups in total. The molecule has 1 aliphatic carbocycles. The Morgan fingerprint density at radius 3 is 2.63 bits per heavy atom. The Kier molecular flexibility index (Phi) is 3.38. The fraction of sp³-hybridized carbons (Fsp3) is 0.571. The summed E-state index contributed by atoms with van der Waals surface area (Å²) < 4.78 is 1.89. The van der Waals surface area contributed by atoms with Gasteiger partial charge in [0.1, 0.15) is 12.1 Å². The Morgan fingerprint density at radius 1 is 1.16 bits per heavy atom. The lowest BCUT2D eigenvalue weighted by molar-refractivity contribution is 0.370. The van der Waals surface area contributed by atoms with Gasteiger partial charge in [0.2, 0.25) is 0 Å². The van der Waals surface area contributed by atoms with Crippen LogP contribution in [0.5, 0.6) is 0 Å². The van der Waals surface area contributed by atoms with Gasteiger partial charge in [-0.05, 0) is 57.4 Å². The van der Waals surface area contributed by atoms with E-state index in [4.69, 9.17) is 0 Å². The summed E-state index contributed by atoms with van der Waals surface area (Å²) in [5, 5.41) is 11.3. The van der Waals surface area contributed by atoms with E-state index in [1.165, 1.54) is 31.2 Å². The SMILES string of the molecule is CNC1CCC(Nc2cc(C)cc3ncnn23)CC1. The van der Waals surface area contributed by atoms with Crippen molar-refractivity contribution in [2.45, 2.75) is 44.7 Å². The molecular weight excluding hydrogens is 238 g/mol. The number of pyridine rings is 1. The summed E-state index contributed by atoms with van der Waals surface area (Å²) in [5.41, 5.74) is 2.12. The maximum atomic E-state index is 4.29. The van der Waals surface area contributed by atoms with Crippen LogP contribution in [0.2, 0.25) is 0 Å². The lowest BCUT2D eigenvalue weighted by Crippen LogP contribution is -2.35. The van der Waals surface area contributed by atoms with Crippen molar-refractivity contribution in [1.82, 2.24) is 19.9 Å². The van der Waals surface area contributed by atoms with Crippen molar-refractivity contribution >= 4 is 11.5 Å². The van der Waals surface area contributed by atoms with Gasteiger partial charge in [-0.15, -0.1) is 0 Å². The number of hydrogen-bond donors (Lipinski definition) is 2. The third-order valence-electron chi connectivity index (χ3n) is 4.01. The first-order valence-corrected chi connectivity index (χ1v) is 7.00. The predicted molar refractivity (Wildman–Crippen MR) is 76.5 cm³/mol. The smallest absolute Gasteiger partial charge is 0.157 e. The third kappa shape index (κ3) is 2.56. The first kappa shape index (κ1) is 12.4. The lowest BCUT2D eigenvalue weighted by Gasteiger charge is -2.29. The summed E-state index contributed by atoms with van der Waals surface area (Å²) in [6.45, 7) is 2.10. The van der Waals surface area contributed by atoms with Crippen molar-refractivity contribution in [3.05, 3.63) is 24.0 Å². The van der Waals surface area contributed by atoms with Gasteiger partial charge < -0.3 is 10.6 Å². The van der Waals surface area contributed by atoms with Crippen molar-refractivity contribution < 1.29 is 0 Å². The zero-order chi connectivity index (χ0) is 13.2. The van der Waals surface area contributed by atoms with E-state index in [9.17, 15) is 0 Å². The van der Waals surface area contributed by atoms with E-state index in [1.807, 2.05) is 4.52 Å². The van der Waals surface area contributed by atoms with Crippen molar-refractivity contribution in [3.8, 4) is 0 Å². The van der Waals surface area contributed by atoms with Crippen LogP contribution in [0.4, 0.5) is 5.82 Å². The molecule has 5 nitrogen and oxygen atoms in total. The first-order chi connectivity index (χ1) is 9.26. The Hall–Kier alpha value is -1.62. The average molecular weight is 259 g/mol. The molecule has 0 aromatic carbocycles. The van der Waals surface area contributed by atoms with E-state index >= 15 is 0 Å². The molecule has 2 aromatic rings. The maximum absolute atomic E-state index is 4.29. The normalized spacial score (nSPS) is 23.7. The van der Waals surface area contributed by atoms with E-state index < -0.39 is 0 Å². The average Bonchev–Trinajstić information content (AvgIpc) is 2.88. The van der Waals surface area contributed by atoms with Gasteiger partial charge in [-0.1, -0.05) is 0 Å². The van der Waals surface area contributed by atoms with Gasteiger partial charge in [-0.3, -0.25) is 0 Å². The largest absolute Gasteiger partial charge is 0.367 e. The molecule has 102 valence electrons. The quantitative estimate of drug-likeness (QED) is 0.885. The predicted octanol–water partition coefficient (Wildman–Crippen LogP) is 1.98. The summed E-state index contributed by atoms with van der Waals surface area (Å²) in [6, 6.07) is 5.42. The van der Waals surface area contributed by atoms with E-state index in [2.05, 4.69) is 46.8 Å². The van der Waals surface area contributed by atoms with Crippen LogP contribution in [-0.4, -0.2) is 33.7 Å². The molecule has 2 aromatic heterocycles. The second-order valence-electron chi connectivity index (χ2n) is 5.43. The molecule has 0 amide bonds. The van der Waals surface area contributed by atoms with Crippen molar-refractivity contribution in [2.75, 3.05) is 12.4 Å². The summed E-state index contributed by atoms with van der Waals surface area (Å²) >= 11 is 0. The maximum Gasteiger partial charge on any atom is 0.157 e.